The van der Waals surface area contributed by atoms with E-state index in [0.29, 0.717) is 0 Å². The zero-order valence-corrected chi connectivity index (χ0v) is 10.9. The molecule has 3 heteroatoms. The van der Waals surface area contributed by atoms with Crippen molar-refractivity contribution in [2.24, 2.45) is 0 Å². The fourth-order valence-electron chi connectivity index (χ4n) is 2.24. The van der Waals surface area contributed by atoms with Crippen LogP contribution in [0.2, 0.25) is 0 Å². The van der Waals surface area contributed by atoms with Crippen molar-refractivity contribution in [1.82, 2.24) is 4.98 Å². The second-order valence-corrected chi connectivity index (χ2v) is 5.02. The van der Waals surface area contributed by atoms with E-state index in [4.69, 9.17) is 4.74 Å². The number of hydrogen-bond acceptors (Lipinski definition) is 3. The van der Waals surface area contributed by atoms with E-state index in [9.17, 15) is 0 Å². The van der Waals surface area contributed by atoms with Crippen LogP contribution in [-0.2, 0) is 0 Å². The topological polar surface area (TPSA) is 25.4 Å². The number of aromatic nitrogens is 1. The van der Waals surface area contributed by atoms with E-state index in [1.807, 2.05) is 26.1 Å². The van der Waals surface area contributed by atoms with E-state index in [2.05, 4.69) is 28.1 Å². The second-order valence-electron chi connectivity index (χ2n) is 5.02. The minimum atomic E-state index is 0.184. The van der Waals surface area contributed by atoms with E-state index in [0.717, 1.165) is 29.7 Å². The average Bonchev–Trinajstić information content (AvgIpc) is 2.27. The molecule has 1 aromatic heterocycles. The Bertz CT molecular complexity index is 561. The first-order chi connectivity index (χ1) is 8.74. The van der Waals surface area contributed by atoms with Crippen LogP contribution in [0.15, 0.2) is 30.5 Å². The summed E-state index contributed by atoms with van der Waals surface area (Å²) in [5.41, 5.74) is 2.27. The highest BCUT2D eigenvalue weighted by atomic mass is 16.5. The molecule has 0 radical (unpaired) electrons. The molecule has 18 heavy (non-hydrogen) atoms. The van der Waals surface area contributed by atoms with Crippen LogP contribution in [0.5, 0.6) is 5.75 Å². The number of hydrogen-bond donors (Lipinski definition) is 0. The van der Waals surface area contributed by atoms with Crippen LogP contribution < -0.4 is 9.64 Å². The highest BCUT2D eigenvalue weighted by molar-refractivity contribution is 5.88. The smallest absolute Gasteiger partial charge is 0.130 e. The Morgan fingerprint density at radius 1 is 1.22 bits per heavy atom. The summed E-state index contributed by atoms with van der Waals surface area (Å²) in [5, 5.41) is 1.11. The van der Waals surface area contributed by atoms with Gasteiger partial charge in [-0.05, 0) is 44.5 Å². The second kappa shape index (κ2) is 4.48. The summed E-state index contributed by atoms with van der Waals surface area (Å²) in [6, 6.07) is 8.37. The van der Waals surface area contributed by atoms with E-state index in [1.54, 1.807) is 0 Å². The third-order valence-electron chi connectivity index (χ3n) is 3.27. The number of rotatable bonds is 3. The quantitative estimate of drug-likeness (QED) is 0.826. The van der Waals surface area contributed by atoms with Gasteiger partial charge in [0.2, 0.25) is 0 Å². The summed E-state index contributed by atoms with van der Waals surface area (Å²) in [6.07, 6.45) is 3.28. The fourth-order valence-corrected chi connectivity index (χ4v) is 2.24. The van der Waals surface area contributed by atoms with Gasteiger partial charge < -0.3 is 9.64 Å². The molecule has 0 aliphatic carbocycles. The molecule has 0 unspecified atom stereocenters. The maximum absolute atomic E-state index is 5.86. The Kier molecular flexibility index (Phi) is 2.82. The van der Waals surface area contributed by atoms with E-state index >= 15 is 0 Å². The third kappa shape index (κ3) is 2.01. The van der Waals surface area contributed by atoms with Gasteiger partial charge in [-0.15, -0.1) is 0 Å². The van der Waals surface area contributed by atoms with Crippen LogP contribution in [0.1, 0.15) is 20.3 Å². The van der Waals surface area contributed by atoms with Gasteiger partial charge in [0.1, 0.15) is 5.75 Å². The van der Waals surface area contributed by atoms with Crippen LogP contribution >= 0.6 is 0 Å². The first-order valence-electron chi connectivity index (χ1n) is 6.54. The Balaban J connectivity index is 2.05. The van der Waals surface area contributed by atoms with E-state index in [1.165, 1.54) is 12.1 Å². The van der Waals surface area contributed by atoms with Gasteiger partial charge in [-0.3, -0.25) is 4.98 Å². The van der Waals surface area contributed by atoms with Crippen LogP contribution in [-0.4, -0.2) is 24.2 Å². The molecule has 1 saturated heterocycles. The first-order valence-corrected chi connectivity index (χ1v) is 6.54. The molecule has 1 aromatic carbocycles. The molecule has 3 rings (SSSR count). The molecular formula is C15H18N2O. The largest absolute Gasteiger partial charge is 0.490 e. The van der Waals surface area contributed by atoms with Crippen molar-refractivity contribution < 1.29 is 4.74 Å². The van der Waals surface area contributed by atoms with Crippen LogP contribution in [0.4, 0.5) is 5.69 Å². The van der Waals surface area contributed by atoms with Gasteiger partial charge in [-0.1, -0.05) is 0 Å². The summed E-state index contributed by atoms with van der Waals surface area (Å²) in [7, 11) is 0. The molecule has 1 aliphatic heterocycles. The highest BCUT2D eigenvalue weighted by Gasteiger charge is 2.15. The molecule has 2 aromatic rings. The van der Waals surface area contributed by atoms with Gasteiger partial charge in [-0.25, -0.2) is 0 Å². The fraction of sp³-hybridized carbons (Fsp3) is 0.400. The Morgan fingerprint density at radius 2 is 2.06 bits per heavy atom. The predicted molar refractivity (Wildman–Crippen MR) is 74.3 cm³/mol. The minimum Gasteiger partial charge on any atom is -0.490 e. The van der Waals surface area contributed by atoms with Crippen LogP contribution in [0.3, 0.4) is 0 Å². The van der Waals surface area contributed by atoms with Crippen LogP contribution in [0, 0.1) is 0 Å². The summed E-state index contributed by atoms with van der Waals surface area (Å²) < 4.78 is 5.86. The summed E-state index contributed by atoms with van der Waals surface area (Å²) in [4.78, 5) is 6.78. The summed E-state index contributed by atoms with van der Waals surface area (Å²) in [6.45, 7) is 6.41. The normalized spacial score (nSPS) is 14.9. The van der Waals surface area contributed by atoms with Crippen molar-refractivity contribution in [1.29, 1.82) is 0 Å². The lowest BCUT2D eigenvalue weighted by Crippen LogP contribution is -2.36. The molecule has 0 atom stereocenters. The van der Waals surface area contributed by atoms with Crippen molar-refractivity contribution in [3.63, 3.8) is 0 Å². The van der Waals surface area contributed by atoms with Crippen molar-refractivity contribution in [3.05, 3.63) is 30.5 Å². The minimum absolute atomic E-state index is 0.184. The number of benzene rings is 1. The molecule has 1 fully saturated rings. The molecule has 0 saturated carbocycles. The number of fused-ring (bicyclic) bond motifs is 1. The molecule has 0 spiro atoms. The van der Waals surface area contributed by atoms with Gasteiger partial charge in [0.15, 0.2) is 0 Å². The predicted octanol–water partition coefficient (Wildman–Crippen LogP) is 3.23. The molecular weight excluding hydrogens is 224 g/mol. The van der Waals surface area contributed by atoms with Gasteiger partial charge in [0.05, 0.1) is 11.6 Å². The lowest BCUT2D eigenvalue weighted by molar-refractivity contribution is 0.245. The maximum atomic E-state index is 5.86. The number of pyridine rings is 1. The van der Waals surface area contributed by atoms with Crippen molar-refractivity contribution in [2.75, 3.05) is 18.0 Å². The lowest BCUT2D eigenvalue weighted by atomic mass is 10.1. The van der Waals surface area contributed by atoms with Gasteiger partial charge >= 0.3 is 0 Å². The molecule has 0 amide bonds. The van der Waals surface area contributed by atoms with E-state index in [-0.39, 0.29) is 6.10 Å². The number of anilines is 1. The van der Waals surface area contributed by atoms with Gasteiger partial charge in [-0.2, -0.15) is 0 Å². The monoisotopic (exact) mass is 242 g/mol. The third-order valence-corrected chi connectivity index (χ3v) is 3.27. The van der Waals surface area contributed by atoms with Crippen molar-refractivity contribution in [2.45, 2.75) is 26.4 Å². The van der Waals surface area contributed by atoms with Crippen LogP contribution in [0.25, 0.3) is 10.9 Å². The molecule has 0 N–H and O–H groups in total. The SMILES string of the molecule is CC(C)Oc1ccnc2ccc(N3CCC3)cc12. The summed E-state index contributed by atoms with van der Waals surface area (Å²) in [5.74, 6) is 0.928. The van der Waals surface area contributed by atoms with Crippen molar-refractivity contribution >= 4 is 16.6 Å². The Labute approximate surface area is 107 Å². The van der Waals surface area contributed by atoms with E-state index < -0.39 is 0 Å². The molecule has 0 bridgehead atoms. The standard InChI is InChI=1S/C15H18N2O/c1-11(2)18-15-6-7-16-14-5-4-12(10-13(14)15)17-8-3-9-17/h4-7,10-11H,3,8-9H2,1-2H3. The Hall–Kier alpha value is -1.77. The molecule has 94 valence electrons. The number of nitrogens with zero attached hydrogens (tertiary/aromatic N) is 2. The Morgan fingerprint density at radius 3 is 2.72 bits per heavy atom. The number of ether oxygens (including phenoxy) is 1. The first kappa shape index (κ1) is 11.3. The maximum Gasteiger partial charge on any atom is 0.130 e. The van der Waals surface area contributed by atoms with Gasteiger partial charge in [0.25, 0.3) is 0 Å². The van der Waals surface area contributed by atoms with Gasteiger partial charge in [0, 0.05) is 30.4 Å². The summed E-state index contributed by atoms with van der Waals surface area (Å²) >= 11 is 0. The molecule has 3 nitrogen and oxygen atoms in total. The van der Waals surface area contributed by atoms with Crippen molar-refractivity contribution in [3.8, 4) is 5.75 Å². The average molecular weight is 242 g/mol. The molecule has 2 heterocycles. The highest BCUT2D eigenvalue weighted by Crippen LogP contribution is 2.30. The zero-order valence-electron chi connectivity index (χ0n) is 10.9. The lowest BCUT2D eigenvalue weighted by Gasteiger charge is -2.33. The molecule has 1 aliphatic rings. The zero-order chi connectivity index (χ0) is 12.5.